The van der Waals surface area contributed by atoms with E-state index in [-0.39, 0.29) is 18.8 Å². The maximum atomic E-state index is 12.7. The van der Waals surface area contributed by atoms with Gasteiger partial charge >= 0.3 is 17.9 Å². The molecule has 0 saturated carbocycles. The second-order valence-electron chi connectivity index (χ2n) is 10.7. The minimum atomic E-state index is -0.894. The molecule has 3 aromatic rings. The van der Waals surface area contributed by atoms with Crippen molar-refractivity contribution < 1.29 is 47.9 Å². The van der Waals surface area contributed by atoms with Crippen LogP contribution in [-0.4, -0.2) is 54.7 Å². The molecule has 0 unspecified atom stereocenters. The monoisotopic (exact) mass is 678 g/mol. The molecule has 0 saturated heterocycles. The predicted molar refractivity (Wildman–Crippen MR) is 178 cm³/mol. The fourth-order valence-electron chi connectivity index (χ4n) is 4.38. The summed E-state index contributed by atoms with van der Waals surface area (Å²) in [6.07, 6.45) is 8.33. The highest BCUT2D eigenvalue weighted by atomic mass is 16.6. The van der Waals surface area contributed by atoms with Crippen LogP contribution in [0.3, 0.4) is 0 Å². The molecule has 0 radical (unpaired) electrons. The molecule has 0 aliphatic rings. The zero-order valence-corrected chi connectivity index (χ0v) is 27.3. The van der Waals surface area contributed by atoms with Crippen molar-refractivity contribution in [3.63, 3.8) is 0 Å². The zero-order chi connectivity index (χ0) is 35.6. The van der Waals surface area contributed by atoms with Gasteiger partial charge in [-0.2, -0.15) is 0 Å². The van der Waals surface area contributed by atoms with Crippen LogP contribution >= 0.6 is 0 Å². The smallest absolute Gasteiger partial charge is 0.343 e. The Kier molecular flexibility index (Phi) is 15.2. The maximum absolute atomic E-state index is 12.7. The molecule has 0 bridgehead atoms. The molecule has 0 atom stereocenters. The SMILES string of the molecule is CCCCCOc1ccc(C(=O)Oc2ccc(C=CC(=O)OCCCCCCOC(=O)c3cc([N+](=O)[O-])cc([N+](=O)[O-])c3)cc2)cc1OC. The van der Waals surface area contributed by atoms with Gasteiger partial charge in [0.05, 0.1) is 54.0 Å². The van der Waals surface area contributed by atoms with Crippen molar-refractivity contribution in [1.82, 2.24) is 0 Å². The van der Waals surface area contributed by atoms with Crippen LogP contribution in [-0.2, 0) is 14.3 Å². The van der Waals surface area contributed by atoms with Gasteiger partial charge in [0.1, 0.15) is 5.75 Å². The van der Waals surface area contributed by atoms with Crippen molar-refractivity contribution in [2.75, 3.05) is 26.9 Å². The fourth-order valence-corrected chi connectivity index (χ4v) is 4.38. The number of benzene rings is 3. The number of nitrogens with zero attached hydrogens (tertiary/aromatic N) is 2. The summed E-state index contributed by atoms with van der Waals surface area (Å²) >= 11 is 0. The van der Waals surface area contributed by atoms with Gasteiger partial charge in [-0.1, -0.05) is 31.9 Å². The highest BCUT2D eigenvalue weighted by molar-refractivity contribution is 5.92. The average Bonchev–Trinajstić information content (AvgIpc) is 3.10. The predicted octanol–water partition coefficient (Wildman–Crippen LogP) is 7.27. The minimum absolute atomic E-state index is 0.0202. The fraction of sp³-hybridized carbons (Fsp3) is 0.343. The maximum Gasteiger partial charge on any atom is 0.343 e. The quantitative estimate of drug-likeness (QED) is 0.0291. The van der Waals surface area contributed by atoms with E-state index >= 15 is 0 Å². The normalized spacial score (nSPS) is 10.7. The third-order valence-electron chi connectivity index (χ3n) is 6.98. The average molecular weight is 679 g/mol. The number of carbonyl (C=O) groups is 3. The number of hydrogen-bond acceptors (Lipinski definition) is 12. The van der Waals surface area contributed by atoms with Gasteiger partial charge in [-0.05, 0) is 74.1 Å². The lowest BCUT2D eigenvalue weighted by Crippen LogP contribution is -2.09. The van der Waals surface area contributed by atoms with Gasteiger partial charge in [0.15, 0.2) is 11.5 Å². The van der Waals surface area contributed by atoms with E-state index in [1.165, 1.54) is 13.2 Å². The Balaban J connectivity index is 1.33. The Morgan fingerprint density at radius 1 is 0.694 bits per heavy atom. The minimum Gasteiger partial charge on any atom is -0.493 e. The molecular weight excluding hydrogens is 640 g/mol. The summed E-state index contributed by atoms with van der Waals surface area (Å²) in [7, 11) is 1.51. The van der Waals surface area contributed by atoms with Crippen molar-refractivity contribution in [3.8, 4) is 17.2 Å². The summed E-state index contributed by atoms with van der Waals surface area (Å²) in [5, 5.41) is 22.0. The molecule has 0 heterocycles. The van der Waals surface area contributed by atoms with E-state index in [4.69, 9.17) is 23.7 Å². The number of carbonyl (C=O) groups excluding carboxylic acids is 3. The first-order chi connectivity index (χ1) is 23.6. The Morgan fingerprint density at radius 3 is 1.94 bits per heavy atom. The highest BCUT2D eigenvalue weighted by Gasteiger charge is 2.20. The van der Waals surface area contributed by atoms with E-state index in [9.17, 15) is 34.6 Å². The highest BCUT2D eigenvalue weighted by Crippen LogP contribution is 2.29. The number of esters is 3. The van der Waals surface area contributed by atoms with Gasteiger partial charge in [0.2, 0.25) is 0 Å². The molecule has 14 heteroatoms. The van der Waals surface area contributed by atoms with E-state index in [1.807, 2.05) is 0 Å². The zero-order valence-electron chi connectivity index (χ0n) is 27.3. The second-order valence-corrected chi connectivity index (χ2v) is 10.7. The topological polar surface area (TPSA) is 184 Å². The summed E-state index contributed by atoms with van der Waals surface area (Å²) in [5.74, 6) is -0.654. The van der Waals surface area contributed by atoms with Crippen LogP contribution in [0.2, 0.25) is 0 Å². The van der Waals surface area contributed by atoms with Gasteiger partial charge in [0, 0.05) is 18.2 Å². The number of methoxy groups -OCH3 is 1. The van der Waals surface area contributed by atoms with Crippen molar-refractivity contribution >= 4 is 35.4 Å². The van der Waals surface area contributed by atoms with Crippen LogP contribution in [0.1, 0.15) is 78.1 Å². The van der Waals surface area contributed by atoms with E-state index in [0.717, 1.165) is 37.5 Å². The molecule has 0 aliphatic carbocycles. The number of unbranched alkanes of at least 4 members (excludes halogenated alkanes) is 5. The number of non-ortho nitro benzene ring substituents is 2. The third-order valence-corrected chi connectivity index (χ3v) is 6.98. The molecule has 0 spiro atoms. The summed E-state index contributed by atoms with van der Waals surface area (Å²) in [5.41, 5.74) is -0.434. The molecule has 0 aliphatic heterocycles. The summed E-state index contributed by atoms with van der Waals surface area (Å²) < 4.78 is 26.9. The summed E-state index contributed by atoms with van der Waals surface area (Å²) in [6.45, 7) is 2.88. The van der Waals surface area contributed by atoms with Gasteiger partial charge in [0.25, 0.3) is 11.4 Å². The van der Waals surface area contributed by atoms with Crippen molar-refractivity contribution in [3.05, 3.63) is 104 Å². The van der Waals surface area contributed by atoms with Gasteiger partial charge in [-0.25, -0.2) is 14.4 Å². The van der Waals surface area contributed by atoms with Gasteiger partial charge < -0.3 is 23.7 Å². The number of ether oxygens (including phenoxy) is 5. The van der Waals surface area contributed by atoms with E-state index < -0.39 is 39.1 Å². The van der Waals surface area contributed by atoms with Crippen LogP contribution in [0.25, 0.3) is 6.08 Å². The van der Waals surface area contributed by atoms with Crippen LogP contribution in [0.15, 0.2) is 66.7 Å². The number of nitro benzene ring substituents is 2. The van der Waals surface area contributed by atoms with Crippen molar-refractivity contribution in [1.29, 1.82) is 0 Å². The van der Waals surface area contributed by atoms with Crippen molar-refractivity contribution in [2.24, 2.45) is 0 Å². The third kappa shape index (κ3) is 12.7. The molecule has 0 amide bonds. The lowest BCUT2D eigenvalue weighted by molar-refractivity contribution is -0.394. The Bertz CT molecular complexity index is 1600. The first-order valence-corrected chi connectivity index (χ1v) is 15.7. The first kappa shape index (κ1) is 37.7. The van der Waals surface area contributed by atoms with Crippen LogP contribution in [0.5, 0.6) is 17.2 Å². The number of nitro groups is 2. The molecule has 3 aromatic carbocycles. The van der Waals surface area contributed by atoms with Gasteiger partial charge in [-0.3, -0.25) is 20.2 Å². The molecule has 0 fully saturated rings. The summed E-state index contributed by atoms with van der Waals surface area (Å²) in [6, 6.07) is 14.1. The van der Waals surface area contributed by atoms with E-state index in [0.29, 0.717) is 60.7 Å². The van der Waals surface area contributed by atoms with E-state index in [1.54, 1.807) is 48.5 Å². The Labute approximate surface area is 282 Å². The Hall–Kier alpha value is -5.79. The second kappa shape index (κ2) is 19.8. The molecule has 14 nitrogen and oxygen atoms in total. The standard InChI is InChI=1S/C35H38N2O12/c1-3-4-7-18-46-31-16-13-26(23-32(31)45-2)35(40)49-30-14-10-25(11-15-30)12-17-33(38)47-19-8-5-6-9-20-48-34(39)27-21-28(36(41)42)24-29(22-27)37(43)44/h10-17,21-24H,3-9,18-20H2,1-2H3. The largest absolute Gasteiger partial charge is 0.493 e. The molecule has 260 valence electrons. The molecular formula is C35H38N2O12. The molecule has 0 N–H and O–H groups in total. The van der Waals surface area contributed by atoms with Crippen molar-refractivity contribution in [2.45, 2.75) is 51.9 Å². The number of rotatable bonds is 20. The van der Waals surface area contributed by atoms with Crippen LogP contribution < -0.4 is 14.2 Å². The first-order valence-electron chi connectivity index (χ1n) is 15.7. The Morgan fingerprint density at radius 2 is 1.33 bits per heavy atom. The van der Waals surface area contributed by atoms with E-state index in [2.05, 4.69) is 6.92 Å². The number of hydrogen-bond donors (Lipinski definition) is 0. The lowest BCUT2D eigenvalue weighted by Gasteiger charge is -2.12. The molecule has 3 rings (SSSR count). The molecule has 0 aromatic heterocycles. The lowest BCUT2D eigenvalue weighted by atomic mass is 10.1. The van der Waals surface area contributed by atoms with Crippen LogP contribution in [0, 0.1) is 20.2 Å². The summed E-state index contributed by atoms with van der Waals surface area (Å²) in [4.78, 5) is 57.3. The van der Waals surface area contributed by atoms with Crippen LogP contribution in [0.4, 0.5) is 11.4 Å². The van der Waals surface area contributed by atoms with Gasteiger partial charge in [-0.15, -0.1) is 0 Å². The molecule has 49 heavy (non-hydrogen) atoms.